The SMILES string of the molecule is C.Cc1cc(OCC2(C(=O)OC(C)(C)C)CCC2)ncc1-c1cnc(C(=N)N)nc1. The number of aromatic nitrogens is 3. The summed E-state index contributed by atoms with van der Waals surface area (Å²) in [5.41, 5.74) is 6.86. The highest BCUT2D eigenvalue weighted by atomic mass is 16.6. The van der Waals surface area contributed by atoms with E-state index in [0.717, 1.165) is 36.0 Å². The van der Waals surface area contributed by atoms with Crippen LogP contribution in [0.5, 0.6) is 5.88 Å². The molecular weight excluding hydrogens is 382 g/mol. The number of hydrogen-bond acceptors (Lipinski definition) is 7. The maximum absolute atomic E-state index is 12.6. The van der Waals surface area contributed by atoms with Crippen molar-refractivity contribution in [3.63, 3.8) is 0 Å². The summed E-state index contributed by atoms with van der Waals surface area (Å²) in [4.78, 5) is 25.1. The van der Waals surface area contributed by atoms with Gasteiger partial charge < -0.3 is 15.2 Å². The number of ether oxygens (including phenoxy) is 2. The number of esters is 1. The molecule has 1 aliphatic rings. The lowest BCUT2D eigenvalue weighted by Gasteiger charge is -2.40. The normalized spacial score (nSPS) is 14.8. The van der Waals surface area contributed by atoms with E-state index in [1.807, 2.05) is 33.8 Å². The summed E-state index contributed by atoms with van der Waals surface area (Å²) in [5, 5.41) is 7.37. The van der Waals surface area contributed by atoms with E-state index in [1.54, 1.807) is 18.6 Å². The number of aryl methyl sites for hydroxylation is 1. The largest absolute Gasteiger partial charge is 0.476 e. The Hall–Kier alpha value is -3.03. The van der Waals surface area contributed by atoms with Crippen molar-refractivity contribution in [2.45, 2.75) is 60.0 Å². The van der Waals surface area contributed by atoms with E-state index in [-0.39, 0.29) is 31.7 Å². The molecule has 0 bridgehead atoms. The van der Waals surface area contributed by atoms with Crippen LogP contribution in [0.25, 0.3) is 11.1 Å². The Labute approximate surface area is 177 Å². The van der Waals surface area contributed by atoms with Gasteiger partial charge in [0.25, 0.3) is 0 Å². The Morgan fingerprint density at radius 1 is 1.20 bits per heavy atom. The molecule has 8 heteroatoms. The maximum atomic E-state index is 12.6. The molecule has 8 nitrogen and oxygen atoms in total. The highest BCUT2D eigenvalue weighted by Crippen LogP contribution is 2.43. The molecule has 162 valence electrons. The molecule has 0 aromatic carbocycles. The molecule has 0 aliphatic heterocycles. The van der Waals surface area contributed by atoms with Gasteiger partial charge >= 0.3 is 5.97 Å². The van der Waals surface area contributed by atoms with Gasteiger partial charge in [-0.2, -0.15) is 0 Å². The second-order valence-corrected chi connectivity index (χ2v) is 8.47. The number of rotatable bonds is 6. The molecule has 0 spiro atoms. The quantitative estimate of drug-likeness (QED) is 0.421. The number of carbonyl (C=O) groups is 1. The van der Waals surface area contributed by atoms with Crippen molar-refractivity contribution in [1.29, 1.82) is 5.41 Å². The fourth-order valence-electron chi connectivity index (χ4n) is 3.13. The highest BCUT2D eigenvalue weighted by Gasteiger charge is 2.47. The van der Waals surface area contributed by atoms with Crippen molar-refractivity contribution in [1.82, 2.24) is 15.0 Å². The number of pyridine rings is 1. The van der Waals surface area contributed by atoms with E-state index in [2.05, 4.69) is 15.0 Å². The van der Waals surface area contributed by atoms with Crippen LogP contribution < -0.4 is 10.5 Å². The van der Waals surface area contributed by atoms with Crippen molar-refractivity contribution in [3.8, 4) is 17.0 Å². The van der Waals surface area contributed by atoms with Gasteiger partial charge in [0.05, 0.1) is 0 Å². The van der Waals surface area contributed by atoms with Crippen molar-refractivity contribution in [2.24, 2.45) is 11.1 Å². The Bertz CT molecular complexity index is 915. The predicted molar refractivity (Wildman–Crippen MR) is 115 cm³/mol. The molecule has 3 N–H and O–H groups in total. The lowest BCUT2D eigenvalue weighted by molar-refractivity contribution is -0.176. The molecule has 1 saturated carbocycles. The average Bonchev–Trinajstić information content (AvgIpc) is 2.59. The number of amidine groups is 1. The van der Waals surface area contributed by atoms with Crippen molar-refractivity contribution >= 4 is 11.8 Å². The molecule has 0 radical (unpaired) electrons. The zero-order valence-electron chi connectivity index (χ0n) is 17.3. The molecule has 3 rings (SSSR count). The number of nitrogens with zero attached hydrogens (tertiary/aromatic N) is 3. The molecule has 1 fully saturated rings. The minimum absolute atomic E-state index is 0. The highest BCUT2D eigenvalue weighted by molar-refractivity contribution is 5.91. The molecule has 1 aliphatic carbocycles. The van der Waals surface area contributed by atoms with E-state index < -0.39 is 11.0 Å². The summed E-state index contributed by atoms with van der Waals surface area (Å²) in [5.74, 6) is 0.270. The standard InChI is InChI=1S/C21H27N5O3.CH4/c1-13-8-16(24-11-15(13)14-9-25-18(17(22)23)26-10-14)28-12-21(6-5-7-21)19(27)29-20(2,3)4;/h8-11H,5-7,12H2,1-4H3,(H3,22,23);1H4. The molecule has 0 unspecified atom stereocenters. The van der Waals surface area contributed by atoms with Crippen LogP contribution in [0.4, 0.5) is 0 Å². The van der Waals surface area contributed by atoms with Crippen LogP contribution >= 0.6 is 0 Å². The molecule has 2 aromatic heterocycles. The van der Waals surface area contributed by atoms with Gasteiger partial charge in [-0.25, -0.2) is 15.0 Å². The predicted octanol–water partition coefficient (Wildman–Crippen LogP) is 3.66. The number of carbonyl (C=O) groups excluding carboxylic acids is 1. The third-order valence-corrected chi connectivity index (χ3v) is 4.93. The van der Waals surface area contributed by atoms with Gasteiger partial charge in [0.1, 0.15) is 17.6 Å². The van der Waals surface area contributed by atoms with Crippen LogP contribution in [-0.2, 0) is 9.53 Å². The van der Waals surface area contributed by atoms with Crippen molar-refractivity contribution in [3.05, 3.63) is 36.0 Å². The zero-order valence-corrected chi connectivity index (χ0v) is 17.3. The fraction of sp³-hybridized carbons (Fsp3) is 0.500. The van der Waals surface area contributed by atoms with E-state index in [0.29, 0.717) is 5.88 Å². The average molecular weight is 414 g/mol. The Morgan fingerprint density at radius 2 is 1.83 bits per heavy atom. The van der Waals surface area contributed by atoms with Gasteiger partial charge in [-0.15, -0.1) is 0 Å². The fourth-order valence-corrected chi connectivity index (χ4v) is 3.13. The van der Waals surface area contributed by atoms with Crippen LogP contribution in [0.1, 0.15) is 58.8 Å². The van der Waals surface area contributed by atoms with Gasteiger partial charge in [0, 0.05) is 35.8 Å². The van der Waals surface area contributed by atoms with Gasteiger partial charge in [-0.1, -0.05) is 13.8 Å². The maximum Gasteiger partial charge on any atom is 0.316 e. The zero-order chi connectivity index (χ0) is 21.2. The molecule has 0 saturated heterocycles. The van der Waals surface area contributed by atoms with Crippen molar-refractivity contribution in [2.75, 3.05) is 6.61 Å². The first-order chi connectivity index (χ1) is 13.6. The summed E-state index contributed by atoms with van der Waals surface area (Å²) in [6.07, 6.45) is 7.43. The van der Waals surface area contributed by atoms with Crippen LogP contribution in [0.2, 0.25) is 0 Å². The topological polar surface area (TPSA) is 124 Å². The molecular formula is C22H31N5O3. The minimum Gasteiger partial charge on any atom is -0.476 e. The van der Waals surface area contributed by atoms with Gasteiger partial charge in [-0.05, 0) is 46.1 Å². The second kappa shape index (κ2) is 8.77. The molecule has 0 amide bonds. The number of nitrogen functional groups attached to an aromatic ring is 1. The number of nitrogens with one attached hydrogen (secondary N) is 1. The lowest BCUT2D eigenvalue weighted by Crippen LogP contribution is -2.46. The first kappa shape index (κ1) is 23.3. The number of hydrogen-bond donors (Lipinski definition) is 2. The van der Waals surface area contributed by atoms with E-state index in [4.69, 9.17) is 20.6 Å². The summed E-state index contributed by atoms with van der Waals surface area (Å²) in [6.45, 7) is 7.80. The van der Waals surface area contributed by atoms with Gasteiger partial charge in [-0.3, -0.25) is 10.2 Å². The number of nitrogens with two attached hydrogens (primary N) is 1. The molecule has 30 heavy (non-hydrogen) atoms. The Morgan fingerprint density at radius 3 is 2.30 bits per heavy atom. The summed E-state index contributed by atoms with van der Waals surface area (Å²) >= 11 is 0. The summed E-state index contributed by atoms with van der Waals surface area (Å²) < 4.78 is 11.5. The third-order valence-electron chi connectivity index (χ3n) is 4.93. The van der Waals surface area contributed by atoms with Crippen molar-refractivity contribution < 1.29 is 14.3 Å². The lowest BCUT2D eigenvalue weighted by atomic mass is 9.69. The summed E-state index contributed by atoms with van der Waals surface area (Å²) in [7, 11) is 0. The molecule has 2 aromatic rings. The van der Waals surface area contributed by atoms with Crippen LogP contribution in [0, 0.1) is 17.7 Å². The van der Waals surface area contributed by atoms with Gasteiger partial charge in [0.15, 0.2) is 11.7 Å². The van der Waals surface area contributed by atoms with E-state index >= 15 is 0 Å². The third kappa shape index (κ3) is 5.11. The molecule has 0 atom stereocenters. The second-order valence-electron chi connectivity index (χ2n) is 8.47. The Kier molecular flexibility index (Phi) is 6.80. The first-order valence-corrected chi connectivity index (χ1v) is 9.59. The van der Waals surface area contributed by atoms with Gasteiger partial charge in [0.2, 0.25) is 5.88 Å². The van der Waals surface area contributed by atoms with E-state index in [1.165, 1.54) is 0 Å². The first-order valence-electron chi connectivity index (χ1n) is 9.59. The van der Waals surface area contributed by atoms with Crippen LogP contribution in [0.15, 0.2) is 24.7 Å². The minimum atomic E-state index is -0.585. The smallest absolute Gasteiger partial charge is 0.316 e. The summed E-state index contributed by atoms with van der Waals surface area (Å²) in [6, 6.07) is 1.83. The van der Waals surface area contributed by atoms with Crippen LogP contribution in [-0.4, -0.2) is 39.0 Å². The monoisotopic (exact) mass is 413 g/mol. The van der Waals surface area contributed by atoms with Crippen LogP contribution in [0.3, 0.4) is 0 Å². The Balaban J connectivity index is 0.00000320. The van der Waals surface area contributed by atoms with E-state index in [9.17, 15) is 4.79 Å². The molecule has 2 heterocycles.